The number of nitrogens with one attached hydrogen (secondary N) is 1. The number of nitrogens with two attached hydrogens (primary N) is 1. The summed E-state index contributed by atoms with van der Waals surface area (Å²) in [6.07, 6.45) is 0. The van der Waals surface area contributed by atoms with Gasteiger partial charge in [0.1, 0.15) is 4.88 Å². The van der Waals surface area contributed by atoms with Gasteiger partial charge in [0.15, 0.2) is 0 Å². The van der Waals surface area contributed by atoms with E-state index in [1.165, 1.54) is 16.2 Å². The van der Waals surface area contributed by atoms with E-state index in [4.69, 9.17) is 5.73 Å². The third-order valence-electron chi connectivity index (χ3n) is 3.13. The number of benzene rings is 1. The molecule has 21 heavy (non-hydrogen) atoms. The van der Waals surface area contributed by atoms with Crippen molar-refractivity contribution in [3.05, 3.63) is 49.4 Å². The van der Waals surface area contributed by atoms with Crippen LogP contribution in [0.4, 0.5) is 5.69 Å². The summed E-state index contributed by atoms with van der Waals surface area (Å²) < 4.78 is 1.93. The second-order valence-electron chi connectivity index (χ2n) is 4.65. The molecule has 0 saturated heterocycles. The molecule has 0 spiro atoms. The van der Waals surface area contributed by atoms with E-state index < -0.39 is 0 Å². The Bertz CT molecular complexity index is 822. The van der Waals surface area contributed by atoms with Crippen molar-refractivity contribution in [2.75, 3.05) is 5.73 Å². The number of hydrogen-bond donors (Lipinski definition) is 2. The second-order valence-corrected chi connectivity index (χ2v) is 7.93. The molecule has 1 amide bonds. The molecule has 0 atom stereocenters. The quantitative estimate of drug-likeness (QED) is 0.700. The van der Waals surface area contributed by atoms with Crippen molar-refractivity contribution in [1.29, 1.82) is 0 Å². The minimum atomic E-state index is -0.119. The summed E-state index contributed by atoms with van der Waals surface area (Å²) in [6.45, 7) is 2.59. The lowest BCUT2D eigenvalue weighted by Gasteiger charge is -2.02. The Labute approximate surface area is 138 Å². The highest BCUT2D eigenvalue weighted by Gasteiger charge is 2.17. The first-order valence-corrected chi connectivity index (χ1v) is 8.79. The molecule has 6 heteroatoms. The highest BCUT2D eigenvalue weighted by Crippen LogP contribution is 2.38. The summed E-state index contributed by atoms with van der Waals surface area (Å²) in [6, 6.07) is 9.93. The van der Waals surface area contributed by atoms with Gasteiger partial charge in [0.05, 0.1) is 12.2 Å². The fourth-order valence-corrected chi connectivity index (χ4v) is 4.73. The molecule has 0 unspecified atom stereocenters. The first-order valence-electron chi connectivity index (χ1n) is 6.36. The molecule has 3 aromatic rings. The summed E-state index contributed by atoms with van der Waals surface area (Å²) in [5.74, 6) is -0.119. The van der Waals surface area contributed by atoms with Crippen molar-refractivity contribution >= 4 is 60.3 Å². The van der Waals surface area contributed by atoms with Crippen LogP contribution in [-0.2, 0) is 6.54 Å². The molecule has 0 aliphatic carbocycles. The fourth-order valence-electron chi connectivity index (χ4n) is 2.13. The monoisotopic (exact) mass is 380 g/mol. The Morgan fingerprint density at radius 1 is 1.29 bits per heavy atom. The Hall–Kier alpha value is -1.37. The SMILES string of the molecule is Cc1ccc(CNC(=O)c2sc3cccc(Br)c3c2N)s1. The minimum absolute atomic E-state index is 0.119. The summed E-state index contributed by atoms with van der Waals surface area (Å²) >= 11 is 6.59. The van der Waals surface area contributed by atoms with E-state index in [1.54, 1.807) is 11.3 Å². The van der Waals surface area contributed by atoms with E-state index in [9.17, 15) is 4.79 Å². The van der Waals surface area contributed by atoms with Gasteiger partial charge in [-0.1, -0.05) is 22.0 Å². The average molecular weight is 381 g/mol. The van der Waals surface area contributed by atoms with Crippen LogP contribution in [0.3, 0.4) is 0 Å². The smallest absolute Gasteiger partial charge is 0.263 e. The first-order chi connectivity index (χ1) is 10.1. The predicted molar refractivity (Wildman–Crippen MR) is 94.2 cm³/mol. The zero-order valence-corrected chi connectivity index (χ0v) is 14.5. The third kappa shape index (κ3) is 2.84. The molecule has 0 radical (unpaired) electrons. The number of fused-ring (bicyclic) bond motifs is 1. The predicted octanol–water partition coefficient (Wildman–Crippen LogP) is 4.55. The van der Waals surface area contributed by atoms with Crippen molar-refractivity contribution in [2.24, 2.45) is 0 Å². The van der Waals surface area contributed by atoms with E-state index in [0.29, 0.717) is 17.1 Å². The van der Waals surface area contributed by atoms with E-state index in [-0.39, 0.29) is 5.91 Å². The normalized spacial score (nSPS) is 11.0. The largest absolute Gasteiger partial charge is 0.397 e. The lowest BCUT2D eigenvalue weighted by atomic mass is 10.2. The average Bonchev–Trinajstić information content (AvgIpc) is 3.01. The van der Waals surface area contributed by atoms with Crippen molar-refractivity contribution in [3.8, 4) is 0 Å². The van der Waals surface area contributed by atoms with Gasteiger partial charge in [0.25, 0.3) is 5.91 Å². The third-order valence-corrected chi connectivity index (χ3v) is 5.96. The van der Waals surface area contributed by atoms with Crippen LogP contribution in [0.15, 0.2) is 34.8 Å². The minimum Gasteiger partial charge on any atom is -0.397 e. The standard InChI is InChI=1S/C15H13BrN2OS2/c1-8-5-6-9(20-8)7-18-15(19)14-13(17)12-10(16)3-2-4-11(12)21-14/h2-6H,7,17H2,1H3,(H,18,19). The van der Waals surface area contributed by atoms with Gasteiger partial charge in [-0.2, -0.15) is 0 Å². The van der Waals surface area contributed by atoms with Crippen LogP contribution in [0.1, 0.15) is 19.4 Å². The van der Waals surface area contributed by atoms with Gasteiger partial charge in [-0.15, -0.1) is 22.7 Å². The van der Waals surface area contributed by atoms with Gasteiger partial charge in [-0.25, -0.2) is 0 Å². The molecule has 0 aliphatic heterocycles. The highest BCUT2D eigenvalue weighted by atomic mass is 79.9. The fraction of sp³-hybridized carbons (Fsp3) is 0.133. The molecule has 3 nitrogen and oxygen atoms in total. The molecular formula is C15H13BrN2OS2. The van der Waals surface area contributed by atoms with Crippen molar-refractivity contribution in [2.45, 2.75) is 13.5 Å². The number of nitrogen functional groups attached to an aromatic ring is 1. The van der Waals surface area contributed by atoms with E-state index in [2.05, 4.69) is 34.2 Å². The van der Waals surface area contributed by atoms with Crippen LogP contribution in [0.5, 0.6) is 0 Å². The number of carbonyl (C=O) groups excluding carboxylic acids is 1. The van der Waals surface area contributed by atoms with Crippen LogP contribution in [0.25, 0.3) is 10.1 Å². The molecule has 2 heterocycles. The summed E-state index contributed by atoms with van der Waals surface area (Å²) in [4.78, 5) is 15.3. The topological polar surface area (TPSA) is 55.1 Å². The number of rotatable bonds is 3. The van der Waals surface area contributed by atoms with E-state index in [1.807, 2.05) is 24.3 Å². The van der Waals surface area contributed by atoms with E-state index in [0.717, 1.165) is 19.4 Å². The van der Waals surface area contributed by atoms with Crippen LogP contribution in [0.2, 0.25) is 0 Å². The van der Waals surface area contributed by atoms with Crippen LogP contribution in [-0.4, -0.2) is 5.91 Å². The lowest BCUT2D eigenvalue weighted by molar-refractivity contribution is 0.0956. The molecular weight excluding hydrogens is 368 g/mol. The lowest BCUT2D eigenvalue weighted by Crippen LogP contribution is -2.22. The Balaban J connectivity index is 1.84. The number of amides is 1. The molecule has 0 saturated carbocycles. The molecule has 0 bridgehead atoms. The molecule has 0 fully saturated rings. The number of anilines is 1. The highest BCUT2D eigenvalue weighted by molar-refractivity contribution is 9.10. The Kier molecular flexibility index (Phi) is 4.01. The molecule has 1 aromatic carbocycles. The van der Waals surface area contributed by atoms with Gasteiger partial charge >= 0.3 is 0 Å². The maximum atomic E-state index is 12.3. The van der Waals surface area contributed by atoms with Gasteiger partial charge in [-0.3, -0.25) is 4.79 Å². The van der Waals surface area contributed by atoms with Gasteiger partial charge < -0.3 is 11.1 Å². The second kappa shape index (κ2) is 5.79. The summed E-state index contributed by atoms with van der Waals surface area (Å²) in [5, 5.41) is 3.85. The van der Waals surface area contributed by atoms with Gasteiger partial charge in [0.2, 0.25) is 0 Å². The molecule has 0 aliphatic rings. The Morgan fingerprint density at radius 2 is 2.10 bits per heavy atom. The summed E-state index contributed by atoms with van der Waals surface area (Å²) in [5.41, 5.74) is 6.68. The molecule has 108 valence electrons. The van der Waals surface area contributed by atoms with Crippen molar-refractivity contribution < 1.29 is 4.79 Å². The number of thiophene rings is 2. The van der Waals surface area contributed by atoms with Gasteiger partial charge in [0, 0.05) is 24.3 Å². The van der Waals surface area contributed by atoms with Crippen LogP contribution >= 0.6 is 38.6 Å². The summed E-state index contributed by atoms with van der Waals surface area (Å²) in [7, 11) is 0. The number of hydrogen-bond acceptors (Lipinski definition) is 4. The maximum Gasteiger partial charge on any atom is 0.263 e. The van der Waals surface area contributed by atoms with Crippen molar-refractivity contribution in [1.82, 2.24) is 5.32 Å². The van der Waals surface area contributed by atoms with Gasteiger partial charge in [-0.05, 0) is 31.2 Å². The first kappa shape index (κ1) is 14.6. The molecule has 3 N–H and O–H groups in total. The maximum absolute atomic E-state index is 12.3. The zero-order chi connectivity index (χ0) is 15.0. The number of carbonyl (C=O) groups is 1. The van der Waals surface area contributed by atoms with Crippen molar-refractivity contribution in [3.63, 3.8) is 0 Å². The van der Waals surface area contributed by atoms with Crippen LogP contribution < -0.4 is 11.1 Å². The molecule has 3 rings (SSSR count). The Morgan fingerprint density at radius 3 is 2.76 bits per heavy atom. The number of aryl methyl sites for hydroxylation is 1. The zero-order valence-electron chi connectivity index (χ0n) is 11.3. The number of halogens is 1. The molecule has 2 aromatic heterocycles. The van der Waals surface area contributed by atoms with E-state index >= 15 is 0 Å². The van der Waals surface area contributed by atoms with Crippen LogP contribution in [0, 0.1) is 6.92 Å².